The van der Waals surface area contributed by atoms with Gasteiger partial charge in [-0.1, -0.05) is 37.6 Å². The minimum absolute atomic E-state index is 0.0958. The number of hydrogen-bond acceptors (Lipinski definition) is 6. The smallest absolute Gasteiger partial charge is 0.222 e. The Morgan fingerprint density at radius 3 is 2.82 bits per heavy atom. The average molecular weight is 484 g/mol. The first-order chi connectivity index (χ1) is 15.8. The van der Waals surface area contributed by atoms with E-state index in [1.165, 1.54) is 11.3 Å². The van der Waals surface area contributed by atoms with Crippen LogP contribution in [-0.4, -0.2) is 26.3 Å². The lowest BCUT2D eigenvalue weighted by atomic mass is 10.1. The predicted molar refractivity (Wildman–Crippen MR) is 132 cm³/mol. The van der Waals surface area contributed by atoms with E-state index in [9.17, 15) is 4.79 Å². The number of rotatable bonds is 9. The zero-order valence-electron chi connectivity index (χ0n) is 18.7. The van der Waals surface area contributed by atoms with Gasteiger partial charge in [0.15, 0.2) is 5.65 Å². The monoisotopic (exact) mass is 483 g/mol. The van der Waals surface area contributed by atoms with Gasteiger partial charge in [0.25, 0.3) is 0 Å². The number of nitrogens with zero attached hydrogens (tertiary/aromatic N) is 3. The first-order valence-corrected chi connectivity index (χ1v) is 11.9. The van der Waals surface area contributed by atoms with Gasteiger partial charge in [-0.25, -0.2) is 4.98 Å². The summed E-state index contributed by atoms with van der Waals surface area (Å²) >= 11 is 8.05. The third-order valence-electron chi connectivity index (χ3n) is 5.20. The number of carbonyl (C=O) groups excluding carboxylic acids is 1. The Hall–Kier alpha value is -2.94. The van der Waals surface area contributed by atoms with E-state index in [2.05, 4.69) is 29.1 Å². The zero-order valence-corrected chi connectivity index (χ0v) is 20.3. The third-order valence-corrected chi connectivity index (χ3v) is 6.66. The van der Waals surface area contributed by atoms with E-state index in [1.54, 1.807) is 18.6 Å². The van der Waals surface area contributed by atoms with Gasteiger partial charge in [0.2, 0.25) is 5.91 Å². The van der Waals surface area contributed by atoms with E-state index < -0.39 is 5.91 Å². The highest BCUT2D eigenvalue weighted by Crippen LogP contribution is 2.39. The lowest BCUT2D eigenvalue weighted by Gasteiger charge is -2.17. The number of fused-ring (bicyclic) bond motifs is 1. The van der Waals surface area contributed by atoms with Crippen molar-refractivity contribution in [2.75, 3.05) is 0 Å². The van der Waals surface area contributed by atoms with Crippen molar-refractivity contribution in [3.63, 3.8) is 0 Å². The molecule has 1 atom stereocenters. The molecule has 9 heteroatoms. The molecular formula is C24H26ClN5O2S. The molecule has 1 aromatic carbocycles. The molecule has 4 aromatic rings. The van der Waals surface area contributed by atoms with Crippen LogP contribution in [0.1, 0.15) is 42.9 Å². The molecule has 0 unspecified atom stereocenters. The molecule has 3 heterocycles. The van der Waals surface area contributed by atoms with Gasteiger partial charge in [-0.2, -0.15) is 0 Å². The summed E-state index contributed by atoms with van der Waals surface area (Å²) < 4.78 is 8.25. The summed E-state index contributed by atoms with van der Waals surface area (Å²) in [6.07, 6.45) is 6.82. The maximum absolute atomic E-state index is 11.7. The second kappa shape index (κ2) is 9.91. The highest BCUT2D eigenvalue weighted by molar-refractivity contribution is 7.15. The SMILES string of the molecule is CC(C)NCc1ccc([C@@H](C)Oc2cc(-c3cnc4cnccn34)sc2CC(N)=O)c(Cl)c1. The molecule has 0 aliphatic rings. The highest BCUT2D eigenvalue weighted by Gasteiger charge is 2.20. The van der Waals surface area contributed by atoms with Gasteiger partial charge in [-0.05, 0) is 18.6 Å². The Morgan fingerprint density at radius 2 is 2.09 bits per heavy atom. The number of thiophene rings is 1. The van der Waals surface area contributed by atoms with Crippen LogP contribution in [-0.2, 0) is 17.8 Å². The van der Waals surface area contributed by atoms with Crippen LogP contribution in [0.5, 0.6) is 5.75 Å². The van der Waals surface area contributed by atoms with Crippen molar-refractivity contribution in [2.24, 2.45) is 5.73 Å². The number of nitrogens with one attached hydrogen (secondary N) is 1. The molecule has 4 rings (SSSR count). The van der Waals surface area contributed by atoms with Crippen molar-refractivity contribution in [2.45, 2.75) is 45.9 Å². The van der Waals surface area contributed by atoms with Crippen LogP contribution in [0.4, 0.5) is 0 Å². The standard InChI is InChI=1S/C24H26ClN5O2S/c1-14(2)28-11-16-4-5-17(18(25)8-16)15(3)32-20-9-21(33-22(20)10-23(26)31)19-12-29-24-13-27-6-7-30(19)24/h4-9,12-15,28H,10-11H2,1-3H3,(H2,26,31)/t15-/m1/s1. The van der Waals surface area contributed by atoms with Gasteiger partial charge in [-0.15, -0.1) is 11.3 Å². The molecule has 7 nitrogen and oxygen atoms in total. The molecule has 33 heavy (non-hydrogen) atoms. The first kappa shape index (κ1) is 23.2. The maximum atomic E-state index is 11.7. The summed E-state index contributed by atoms with van der Waals surface area (Å²) in [7, 11) is 0. The molecule has 0 spiro atoms. The van der Waals surface area contributed by atoms with Crippen LogP contribution < -0.4 is 15.8 Å². The lowest BCUT2D eigenvalue weighted by Crippen LogP contribution is -2.21. The molecule has 1 amide bonds. The normalized spacial score (nSPS) is 12.4. The van der Waals surface area contributed by atoms with Crippen LogP contribution >= 0.6 is 22.9 Å². The van der Waals surface area contributed by atoms with Crippen LogP contribution in [0, 0.1) is 0 Å². The molecule has 3 N–H and O–H groups in total. The van der Waals surface area contributed by atoms with E-state index in [0.29, 0.717) is 16.8 Å². The largest absolute Gasteiger partial charge is 0.485 e. The van der Waals surface area contributed by atoms with Gasteiger partial charge in [0.1, 0.15) is 11.9 Å². The summed E-state index contributed by atoms with van der Waals surface area (Å²) in [6, 6.07) is 8.32. The molecule has 0 radical (unpaired) electrons. The van der Waals surface area contributed by atoms with Crippen molar-refractivity contribution in [1.29, 1.82) is 0 Å². The highest BCUT2D eigenvalue weighted by atomic mass is 35.5. The fraction of sp³-hybridized carbons (Fsp3) is 0.292. The van der Waals surface area contributed by atoms with Crippen LogP contribution in [0.2, 0.25) is 5.02 Å². The molecule has 0 aliphatic carbocycles. The number of primary amides is 1. The van der Waals surface area contributed by atoms with Crippen molar-refractivity contribution in [1.82, 2.24) is 19.7 Å². The molecule has 3 aromatic heterocycles. The number of ether oxygens (including phenoxy) is 1. The summed E-state index contributed by atoms with van der Waals surface area (Å²) in [4.78, 5) is 21.9. The Bertz CT molecular complexity index is 1280. The minimum atomic E-state index is -0.414. The fourth-order valence-electron chi connectivity index (χ4n) is 3.53. The van der Waals surface area contributed by atoms with Crippen LogP contribution in [0.15, 0.2) is 49.1 Å². The molecule has 0 fully saturated rings. The summed E-state index contributed by atoms with van der Waals surface area (Å²) in [5.74, 6) is 0.204. The average Bonchev–Trinajstić information content (AvgIpc) is 3.36. The van der Waals surface area contributed by atoms with Crippen molar-refractivity contribution in [3.05, 3.63) is 70.1 Å². The molecule has 172 valence electrons. The summed E-state index contributed by atoms with van der Waals surface area (Å²) in [5.41, 5.74) is 9.13. The van der Waals surface area contributed by atoms with E-state index in [4.69, 9.17) is 22.1 Å². The maximum Gasteiger partial charge on any atom is 0.222 e. The first-order valence-electron chi connectivity index (χ1n) is 10.7. The van der Waals surface area contributed by atoms with Gasteiger partial charge in [-0.3, -0.25) is 14.2 Å². The molecule has 0 aliphatic heterocycles. The van der Waals surface area contributed by atoms with Gasteiger partial charge in [0, 0.05) is 41.6 Å². The van der Waals surface area contributed by atoms with Gasteiger partial charge >= 0.3 is 0 Å². The summed E-state index contributed by atoms with van der Waals surface area (Å²) in [5, 5.41) is 4.03. The van der Waals surface area contributed by atoms with Crippen molar-refractivity contribution >= 4 is 34.5 Å². The molecule has 0 saturated heterocycles. The van der Waals surface area contributed by atoms with Gasteiger partial charge in [0.05, 0.1) is 34.3 Å². The molecule has 0 saturated carbocycles. The van der Waals surface area contributed by atoms with E-state index in [1.807, 2.05) is 41.8 Å². The van der Waals surface area contributed by atoms with E-state index in [0.717, 1.165) is 38.8 Å². The van der Waals surface area contributed by atoms with Crippen molar-refractivity contribution in [3.8, 4) is 16.3 Å². The quantitative estimate of drug-likeness (QED) is 0.357. The topological polar surface area (TPSA) is 94.5 Å². The zero-order chi connectivity index (χ0) is 23.5. The number of nitrogens with two attached hydrogens (primary N) is 1. The number of amides is 1. The van der Waals surface area contributed by atoms with E-state index >= 15 is 0 Å². The van der Waals surface area contributed by atoms with Crippen molar-refractivity contribution < 1.29 is 9.53 Å². The van der Waals surface area contributed by atoms with Crippen LogP contribution in [0.3, 0.4) is 0 Å². The number of aromatic nitrogens is 3. The number of halogens is 1. The summed E-state index contributed by atoms with van der Waals surface area (Å²) in [6.45, 7) is 6.90. The number of hydrogen-bond donors (Lipinski definition) is 2. The Kier molecular flexibility index (Phi) is 6.97. The van der Waals surface area contributed by atoms with Gasteiger partial charge < -0.3 is 15.8 Å². The molecule has 0 bridgehead atoms. The second-order valence-electron chi connectivity index (χ2n) is 8.14. The minimum Gasteiger partial charge on any atom is -0.485 e. The number of benzene rings is 1. The number of imidazole rings is 1. The molecular weight excluding hydrogens is 458 g/mol. The van der Waals surface area contributed by atoms with Crippen LogP contribution in [0.25, 0.3) is 16.2 Å². The van der Waals surface area contributed by atoms with E-state index in [-0.39, 0.29) is 12.5 Å². The number of carbonyl (C=O) groups is 1. The third kappa shape index (κ3) is 5.35. The lowest BCUT2D eigenvalue weighted by molar-refractivity contribution is -0.117. The Labute approximate surface area is 201 Å². The Morgan fingerprint density at radius 1 is 1.27 bits per heavy atom. The predicted octanol–water partition coefficient (Wildman–Crippen LogP) is 4.78. The second-order valence-corrected chi connectivity index (χ2v) is 9.68. The fourth-order valence-corrected chi connectivity index (χ4v) is 5.00. The Balaban J connectivity index is 1.61.